The molecule has 1 aliphatic rings. The predicted octanol–water partition coefficient (Wildman–Crippen LogP) is 1.39. The fourth-order valence-corrected chi connectivity index (χ4v) is 4.40. The van der Waals surface area contributed by atoms with Gasteiger partial charge in [0.15, 0.2) is 0 Å². The first kappa shape index (κ1) is 18.6. The maximum Gasteiger partial charge on any atom is 0.244 e. The van der Waals surface area contributed by atoms with Crippen molar-refractivity contribution in [2.24, 2.45) is 0 Å². The number of benzene rings is 1. The molecule has 0 saturated carbocycles. The summed E-state index contributed by atoms with van der Waals surface area (Å²) in [4.78, 5) is 14.4. The summed E-state index contributed by atoms with van der Waals surface area (Å²) in [6.07, 6.45) is 5.08. The van der Waals surface area contributed by atoms with Gasteiger partial charge in [-0.25, -0.2) is 22.5 Å². The second-order valence-corrected chi connectivity index (χ2v) is 8.22. The van der Waals surface area contributed by atoms with E-state index >= 15 is 0 Å². The van der Waals surface area contributed by atoms with Gasteiger partial charge in [0, 0.05) is 25.0 Å². The lowest BCUT2D eigenvalue weighted by Gasteiger charge is -2.14. The molecule has 2 atom stereocenters. The van der Waals surface area contributed by atoms with E-state index in [0.717, 1.165) is 12.1 Å². The third-order valence-electron chi connectivity index (χ3n) is 4.51. The molecule has 1 aliphatic heterocycles. The highest BCUT2D eigenvalue weighted by molar-refractivity contribution is 7.89. The number of aromatic nitrogens is 4. The van der Waals surface area contributed by atoms with Gasteiger partial charge in [0.2, 0.25) is 21.7 Å². The quantitative estimate of drug-likeness (QED) is 0.679. The van der Waals surface area contributed by atoms with Gasteiger partial charge in [0.1, 0.15) is 11.5 Å². The highest BCUT2D eigenvalue weighted by Gasteiger charge is 2.36. The summed E-state index contributed by atoms with van der Waals surface area (Å²) in [6.45, 7) is 0.466. The lowest BCUT2D eigenvalue weighted by molar-refractivity contribution is 0.244. The molecular formula is C17H17FN6O3S. The Balaban J connectivity index is 1.48. The van der Waals surface area contributed by atoms with Crippen molar-refractivity contribution in [1.29, 1.82) is 0 Å². The molecule has 3 heterocycles. The van der Waals surface area contributed by atoms with Gasteiger partial charge in [0.25, 0.3) is 0 Å². The molecule has 28 heavy (non-hydrogen) atoms. The van der Waals surface area contributed by atoms with Crippen molar-refractivity contribution in [1.82, 2.24) is 29.7 Å². The van der Waals surface area contributed by atoms with Crippen LogP contribution in [-0.2, 0) is 10.0 Å². The topological polar surface area (TPSA) is 114 Å². The van der Waals surface area contributed by atoms with E-state index in [1.807, 2.05) is 11.9 Å². The molecule has 1 aromatic carbocycles. The molecule has 0 amide bonds. The molecule has 3 aromatic rings. The van der Waals surface area contributed by atoms with Crippen LogP contribution in [0.1, 0.15) is 18.4 Å². The van der Waals surface area contributed by atoms with Crippen LogP contribution in [0.3, 0.4) is 0 Å². The Morgan fingerprint density at radius 3 is 2.75 bits per heavy atom. The lowest BCUT2D eigenvalue weighted by Crippen LogP contribution is -2.36. The Bertz CT molecular complexity index is 1060. The van der Waals surface area contributed by atoms with Gasteiger partial charge in [0.05, 0.1) is 17.1 Å². The molecule has 0 bridgehead atoms. The van der Waals surface area contributed by atoms with Crippen molar-refractivity contribution >= 4 is 10.0 Å². The fraction of sp³-hybridized carbons (Fsp3) is 0.294. The Labute approximate surface area is 160 Å². The monoisotopic (exact) mass is 404 g/mol. The van der Waals surface area contributed by atoms with Crippen LogP contribution in [-0.4, -0.2) is 53.1 Å². The molecule has 11 heteroatoms. The summed E-state index contributed by atoms with van der Waals surface area (Å²) in [6, 6.07) is 4.11. The highest BCUT2D eigenvalue weighted by Crippen LogP contribution is 2.31. The van der Waals surface area contributed by atoms with Gasteiger partial charge in [-0.3, -0.25) is 9.88 Å². The van der Waals surface area contributed by atoms with E-state index in [1.165, 1.54) is 24.5 Å². The van der Waals surface area contributed by atoms with Crippen LogP contribution in [0.2, 0.25) is 0 Å². The summed E-state index contributed by atoms with van der Waals surface area (Å²) < 4.78 is 46.1. The highest BCUT2D eigenvalue weighted by atomic mass is 32.2. The predicted molar refractivity (Wildman–Crippen MR) is 95.8 cm³/mol. The van der Waals surface area contributed by atoms with Crippen LogP contribution in [0.15, 0.2) is 52.3 Å². The number of nitrogens with zero attached hydrogens (tertiary/aromatic N) is 5. The molecule has 0 spiro atoms. The number of likely N-dealkylation sites (tertiary alicyclic amines) is 1. The third kappa shape index (κ3) is 3.77. The number of nitrogens with one attached hydrogen (secondary N) is 1. The van der Waals surface area contributed by atoms with E-state index in [2.05, 4.69) is 24.8 Å². The standard InChI is InChI=1S/C17H17FN6O3S/c1-24-10-12(23-28(25,26)13-4-2-11(18)3-5-13)8-15(24)17-21-16(22-27-17)14-9-19-6-7-20-14/h2-7,9,12,15,23H,8,10H2,1H3. The third-order valence-corrected chi connectivity index (χ3v) is 6.05. The van der Waals surface area contributed by atoms with E-state index < -0.39 is 15.8 Å². The van der Waals surface area contributed by atoms with E-state index in [1.54, 1.807) is 6.20 Å². The molecule has 2 aromatic heterocycles. The Morgan fingerprint density at radius 2 is 2.04 bits per heavy atom. The van der Waals surface area contributed by atoms with Crippen molar-refractivity contribution in [2.45, 2.75) is 23.4 Å². The van der Waals surface area contributed by atoms with Crippen LogP contribution in [0, 0.1) is 5.82 Å². The number of hydrogen-bond acceptors (Lipinski definition) is 8. The molecule has 1 saturated heterocycles. The lowest BCUT2D eigenvalue weighted by atomic mass is 10.2. The first-order valence-electron chi connectivity index (χ1n) is 8.50. The van der Waals surface area contributed by atoms with Crippen LogP contribution < -0.4 is 4.72 Å². The molecule has 0 aliphatic carbocycles. The largest absolute Gasteiger partial charge is 0.337 e. The molecule has 9 nitrogen and oxygen atoms in total. The molecule has 146 valence electrons. The summed E-state index contributed by atoms with van der Waals surface area (Å²) in [5.41, 5.74) is 0.492. The van der Waals surface area contributed by atoms with Gasteiger partial charge < -0.3 is 4.52 Å². The minimum absolute atomic E-state index is 0.0164. The normalized spacial score (nSPS) is 20.5. The van der Waals surface area contributed by atoms with E-state index in [0.29, 0.717) is 30.4 Å². The van der Waals surface area contributed by atoms with Gasteiger partial charge in [-0.1, -0.05) is 5.16 Å². The van der Waals surface area contributed by atoms with Crippen LogP contribution in [0.25, 0.3) is 11.5 Å². The number of sulfonamides is 1. The number of halogens is 1. The number of rotatable bonds is 5. The van der Waals surface area contributed by atoms with Gasteiger partial charge >= 0.3 is 0 Å². The molecular weight excluding hydrogens is 387 g/mol. The van der Waals surface area contributed by atoms with Crippen molar-refractivity contribution in [3.63, 3.8) is 0 Å². The molecule has 2 unspecified atom stereocenters. The second kappa shape index (κ2) is 7.34. The van der Waals surface area contributed by atoms with Crippen LogP contribution >= 0.6 is 0 Å². The zero-order valence-electron chi connectivity index (χ0n) is 14.9. The smallest absolute Gasteiger partial charge is 0.244 e. The summed E-state index contributed by atoms with van der Waals surface area (Å²) in [5.74, 6) is 0.216. The summed E-state index contributed by atoms with van der Waals surface area (Å²) >= 11 is 0. The Kier molecular flexibility index (Phi) is 4.87. The SMILES string of the molecule is CN1CC(NS(=O)(=O)c2ccc(F)cc2)CC1c1nc(-c2cnccn2)no1. The van der Waals surface area contributed by atoms with Crippen molar-refractivity contribution < 1.29 is 17.3 Å². The van der Waals surface area contributed by atoms with Crippen LogP contribution in [0.5, 0.6) is 0 Å². The fourth-order valence-electron chi connectivity index (χ4n) is 3.16. The second-order valence-electron chi connectivity index (χ2n) is 6.51. The molecule has 4 rings (SSSR count). The average molecular weight is 404 g/mol. The zero-order valence-corrected chi connectivity index (χ0v) is 15.7. The van der Waals surface area contributed by atoms with E-state index in [9.17, 15) is 12.8 Å². The number of hydrogen-bond donors (Lipinski definition) is 1. The maximum absolute atomic E-state index is 13.0. The van der Waals surface area contributed by atoms with Gasteiger partial charge in [-0.2, -0.15) is 4.98 Å². The van der Waals surface area contributed by atoms with Gasteiger partial charge in [-0.05, 0) is 37.7 Å². The average Bonchev–Trinajstić information content (AvgIpc) is 3.29. The van der Waals surface area contributed by atoms with E-state index in [4.69, 9.17) is 4.52 Å². The first-order valence-corrected chi connectivity index (χ1v) is 9.99. The van der Waals surface area contributed by atoms with Gasteiger partial charge in [-0.15, -0.1) is 0 Å². The summed E-state index contributed by atoms with van der Waals surface area (Å²) in [7, 11) is -1.91. The molecule has 0 radical (unpaired) electrons. The summed E-state index contributed by atoms with van der Waals surface area (Å²) in [5, 5.41) is 3.93. The molecule has 1 fully saturated rings. The van der Waals surface area contributed by atoms with Crippen molar-refractivity contribution in [2.75, 3.05) is 13.6 Å². The van der Waals surface area contributed by atoms with Crippen molar-refractivity contribution in [3.8, 4) is 11.5 Å². The van der Waals surface area contributed by atoms with E-state index in [-0.39, 0.29) is 17.0 Å². The van der Waals surface area contributed by atoms with Crippen LogP contribution in [0.4, 0.5) is 4.39 Å². The first-order chi connectivity index (χ1) is 13.4. The minimum atomic E-state index is -3.76. The number of likely N-dealkylation sites (N-methyl/N-ethyl adjacent to an activating group) is 1. The maximum atomic E-state index is 13.0. The Hall–Kier alpha value is -2.76. The minimum Gasteiger partial charge on any atom is -0.337 e. The molecule has 1 N–H and O–H groups in total. The Morgan fingerprint density at radius 1 is 1.25 bits per heavy atom. The van der Waals surface area contributed by atoms with Crippen molar-refractivity contribution in [3.05, 3.63) is 54.6 Å². The zero-order chi connectivity index (χ0) is 19.7.